The highest BCUT2D eigenvalue weighted by atomic mass is 32.1. The number of morpholine rings is 1. The number of fused-ring (bicyclic) bond motifs is 1. The van der Waals surface area contributed by atoms with Gasteiger partial charge in [0, 0.05) is 51.4 Å². The smallest absolute Gasteiger partial charge is 0.261 e. The number of carbonyl (C=O) groups excluding carboxylic acids is 2. The second-order valence-electron chi connectivity index (χ2n) is 6.16. The number of pyridine rings is 1. The monoisotopic (exact) mass is 362 g/mol. The summed E-state index contributed by atoms with van der Waals surface area (Å²) in [5.74, 6) is -0.0768. The van der Waals surface area contributed by atoms with Crippen molar-refractivity contribution in [3.8, 4) is 0 Å². The quantitative estimate of drug-likeness (QED) is 0.882. The van der Waals surface area contributed by atoms with Gasteiger partial charge in [0.2, 0.25) is 5.91 Å². The molecule has 134 valence electrons. The molecular formula is C17H22N4O3S. The lowest BCUT2D eigenvalue weighted by atomic mass is 10.0. The van der Waals surface area contributed by atoms with E-state index in [1.165, 1.54) is 11.3 Å². The Kier molecular flexibility index (Phi) is 5.31. The first-order valence-electron chi connectivity index (χ1n) is 8.15. The van der Waals surface area contributed by atoms with Crippen molar-refractivity contribution in [3.63, 3.8) is 0 Å². The van der Waals surface area contributed by atoms with Crippen LogP contribution in [-0.2, 0) is 9.53 Å². The molecular weight excluding hydrogens is 340 g/mol. The number of nitrogens with zero attached hydrogens (tertiary/aromatic N) is 3. The third-order valence-electron chi connectivity index (χ3n) is 4.27. The molecule has 1 N–H and O–H groups in total. The van der Waals surface area contributed by atoms with E-state index in [4.69, 9.17) is 4.74 Å². The van der Waals surface area contributed by atoms with Gasteiger partial charge in [0.1, 0.15) is 9.71 Å². The Morgan fingerprint density at radius 2 is 2.28 bits per heavy atom. The van der Waals surface area contributed by atoms with E-state index >= 15 is 0 Å². The molecule has 1 aliphatic rings. The van der Waals surface area contributed by atoms with Gasteiger partial charge in [0.15, 0.2) is 0 Å². The van der Waals surface area contributed by atoms with Crippen LogP contribution >= 0.6 is 11.3 Å². The summed E-state index contributed by atoms with van der Waals surface area (Å²) in [5.41, 5.74) is 0.870. The van der Waals surface area contributed by atoms with Crippen LogP contribution in [0.15, 0.2) is 18.3 Å². The summed E-state index contributed by atoms with van der Waals surface area (Å²) < 4.78 is 5.97. The Balaban J connectivity index is 1.92. The van der Waals surface area contributed by atoms with Crippen LogP contribution in [0.5, 0.6) is 0 Å². The predicted octanol–water partition coefficient (Wildman–Crippen LogP) is 1.12. The molecule has 1 aliphatic heterocycles. The van der Waals surface area contributed by atoms with Gasteiger partial charge >= 0.3 is 0 Å². The highest BCUT2D eigenvalue weighted by Gasteiger charge is 2.30. The van der Waals surface area contributed by atoms with Crippen LogP contribution in [0.3, 0.4) is 0 Å². The van der Waals surface area contributed by atoms with Gasteiger partial charge in [-0.2, -0.15) is 0 Å². The van der Waals surface area contributed by atoms with Gasteiger partial charge in [-0.3, -0.25) is 14.5 Å². The Labute approximate surface area is 150 Å². The van der Waals surface area contributed by atoms with Crippen LogP contribution in [0.25, 0.3) is 10.2 Å². The minimum Gasteiger partial charge on any atom is -0.371 e. The zero-order valence-corrected chi connectivity index (χ0v) is 15.4. The molecule has 1 saturated heterocycles. The van der Waals surface area contributed by atoms with Gasteiger partial charge in [-0.25, -0.2) is 4.98 Å². The molecule has 0 saturated carbocycles. The lowest BCUT2D eigenvalue weighted by Crippen LogP contribution is -2.44. The van der Waals surface area contributed by atoms with E-state index < -0.39 is 0 Å². The minimum atomic E-state index is -0.256. The van der Waals surface area contributed by atoms with Gasteiger partial charge < -0.3 is 15.0 Å². The van der Waals surface area contributed by atoms with Crippen molar-refractivity contribution in [1.29, 1.82) is 0 Å². The average Bonchev–Trinajstić information content (AvgIpc) is 3.00. The van der Waals surface area contributed by atoms with E-state index in [2.05, 4.69) is 15.2 Å². The second kappa shape index (κ2) is 7.47. The van der Waals surface area contributed by atoms with Crippen molar-refractivity contribution >= 4 is 33.4 Å². The van der Waals surface area contributed by atoms with Crippen LogP contribution in [0.1, 0.15) is 21.3 Å². The van der Waals surface area contributed by atoms with E-state index in [9.17, 15) is 9.59 Å². The highest BCUT2D eigenvalue weighted by Crippen LogP contribution is 2.37. The molecule has 0 bridgehead atoms. The molecule has 2 aromatic rings. The van der Waals surface area contributed by atoms with Crippen LogP contribution in [0.2, 0.25) is 0 Å². The number of carbonyl (C=O) groups is 2. The Morgan fingerprint density at radius 1 is 1.48 bits per heavy atom. The van der Waals surface area contributed by atoms with Gasteiger partial charge in [-0.1, -0.05) is 6.07 Å². The average molecular weight is 362 g/mol. The summed E-state index contributed by atoms with van der Waals surface area (Å²) in [6, 6.07) is 3.83. The molecule has 1 fully saturated rings. The first-order chi connectivity index (χ1) is 12.0. The maximum atomic E-state index is 12.3. The lowest BCUT2D eigenvalue weighted by Gasteiger charge is -2.33. The molecule has 25 heavy (non-hydrogen) atoms. The minimum absolute atomic E-state index is 0.0593. The number of hydrogen-bond donors (Lipinski definition) is 1. The number of rotatable bonds is 4. The summed E-state index contributed by atoms with van der Waals surface area (Å²) in [7, 11) is 5.12. The van der Waals surface area contributed by atoms with Gasteiger partial charge in [0.05, 0.1) is 19.3 Å². The fraction of sp³-hybridized carbons (Fsp3) is 0.471. The van der Waals surface area contributed by atoms with Gasteiger partial charge in [-0.05, 0) is 6.07 Å². The van der Waals surface area contributed by atoms with Crippen LogP contribution in [0.4, 0.5) is 0 Å². The number of thiophene rings is 1. The summed E-state index contributed by atoms with van der Waals surface area (Å²) in [4.78, 5) is 33.8. The summed E-state index contributed by atoms with van der Waals surface area (Å²) in [6.07, 6.45) is 1.47. The molecule has 2 aromatic heterocycles. The largest absolute Gasteiger partial charge is 0.371 e. The van der Waals surface area contributed by atoms with Crippen molar-refractivity contribution in [3.05, 3.63) is 28.8 Å². The zero-order chi connectivity index (χ0) is 18.0. The summed E-state index contributed by atoms with van der Waals surface area (Å²) >= 11 is 1.37. The number of ether oxygens (including phenoxy) is 1. The SMILES string of the molecule is CNC(=O)c1sc2ncccc2c1C1CN(CC(=O)N(C)C)CCO1. The molecule has 7 nitrogen and oxygen atoms in total. The van der Waals surface area contributed by atoms with E-state index in [1.54, 1.807) is 32.2 Å². The molecule has 0 aliphatic carbocycles. The highest BCUT2D eigenvalue weighted by molar-refractivity contribution is 7.20. The summed E-state index contributed by atoms with van der Waals surface area (Å²) in [5, 5.41) is 3.64. The van der Waals surface area contributed by atoms with E-state index in [0.29, 0.717) is 31.1 Å². The Bertz CT molecular complexity index is 789. The fourth-order valence-corrected chi connectivity index (χ4v) is 4.05. The molecule has 0 radical (unpaired) electrons. The normalized spacial score (nSPS) is 18.3. The number of hydrogen-bond acceptors (Lipinski definition) is 6. The van der Waals surface area contributed by atoms with Gasteiger partial charge in [0.25, 0.3) is 5.91 Å². The van der Waals surface area contributed by atoms with Crippen molar-refractivity contribution < 1.29 is 14.3 Å². The third kappa shape index (κ3) is 3.65. The Morgan fingerprint density at radius 3 is 3.00 bits per heavy atom. The standard InChI is InChI=1S/C17H22N4O3S/c1-18-16(23)15-14(11-5-4-6-19-17(11)25-15)12-9-21(7-8-24-12)10-13(22)20(2)3/h4-6,12H,7-10H2,1-3H3,(H,18,23). The predicted molar refractivity (Wildman–Crippen MR) is 96.8 cm³/mol. The Hall–Kier alpha value is -2.03. The van der Waals surface area contributed by atoms with Crippen molar-refractivity contribution in [2.45, 2.75) is 6.10 Å². The maximum absolute atomic E-state index is 12.3. The molecule has 0 aromatic carbocycles. The fourth-order valence-electron chi connectivity index (χ4n) is 2.91. The molecule has 1 unspecified atom stereocenters. The number of nitrogens with one attached hydrogen (secondary N) is 1. The first kappa shape index (κ1) is 17.8. The molecule has 8 heteroatoms. The molecule has 0 spiro atoms. The van der Waals surface area contributed by atoms with Gasteiger partial charge in [-0.15, -0.1) is 11.3 Å². The number of aromatic nitrogens is 1. The zero-order valence-electron chi connectivity index (χ0n) is 14.6. The van der Waals surface area contributed by atoms with Crippen molar-refractivity contribution in [2.75, 3.05) is 47.4 Å². The lowest BCUT2D eigenvalue weighted by molar-refractivity contribution is -0.132. The topological polar surface area (TPSA) is 74.8 Å². The molecule has 2 amide bonds. The maximum Gasteiger partial charge on any atom is 0.261 e. The van der Waals surface area contributed by atoms with Crippen molar-refractivity contribution in [1.82, 2.24) is 20.1 Å². The molecule has 3 heterocycles. The number of amides is 2. The van der Waals surface area contributed by atoms with Crippen LogP contribution in [0, 0.1) is 0 Å². The van der Waals surface area contributed by atoms with E-state index in [0.717, 1.165) is 15.8 Å². The third-order valence-corrected chi connectivity index (χ3v) is 5.40. The second-order valence-corrected chi connectivity index (χ2v) is 7.16. The number of likely N-dealkylation sites (N-methyl/N-ethyl adjacent to an activating group) is 1. The van der Waals surface area contributed by atoms with Crippen molar-refractivity contribution in [2.24, 2.45) is 0 Å². The van der Waals surface area contributed by atoms with Crippen LogP contribution < -0.4 is 5.32 Å². The van der Waals surface area contributed by atoms with E-state index in [1.807, 2.05) is 12.1 Å². The summed E-state index contributed by atoms with van der Waals surface area (Å²) in [6.45, 7) is 2.15. The molecule has 1 atom stereocenters. The first-order valence-corrected chi connectivity index (χ1v) is 8.96. The van der Waals surface area contributed by atoms with E-state index in [-0.39, 0.29) is 17.9 Å². The molecule has 3 rings (SSSR count). The van der Waals surface area contributed by atoms with Crippen LogP contribution in [-0.4, -0.2) is 74.0 Å².